The lowest BCUT2D eigenvalue weighted by Crippen LogP contribution is -2.15. The third-order valence-corrected chi connectivity index (χ3v) is 4.59. The second-order valence-corrected chi connectivity index (χ2v) is 6.88. The van der Waals surface area contributed by atoms with Crippen molar-refractivity contribution in [1.29, 1.82) is 0 Å². The molecule has 0 aliphatic heterocycles. The molecule has 0 saturated carbocycles. The molecular formula is C17H20N6OS. The van der Waals surface area contributed by atoms with Gasteiger partial charge in [-0.3, -0.25) is 9.20 Å². The fraction of sp³-hybridized carbons (Fsp3) is 0.294. The summed E-state index contributed by atoms with van der Waals surface area (Å²) in [6.45, 7) is 3.89. The molecule has 2 heterocycles. The molecule has 3 aromatic rings. The van der Waals surface area contributed by atoms with E-state index in [-0.39, 0.29) is 11.7 Å². The van der Waals surface area contributed by atoms with Crippen LogP contribution in [0, 0.1) is 13.8 Å². The number of hydrogen-bond acceptors (Lipinski definition) is 6. The summed E-state index contributed by atoms with van der Waals surface area (Å²) in [6, 6.07) is 9.67. The molecule has 1 aromatic carbocycles. The molecule has 7 nitrogen and oxygen atoms in total. The molecular weight excluding hydrogens is 336 g/mol. The van der Waals surface area contributed by atoms with Crippen LogP contribution >= 0.6 is 11.8 Å². The number of aromatic nitrogens is 4. The van der Waals surface area contributed by atoms with E-state index in [4.69, 9.17) is 0 Å². The number of anilines is 2. The maximum Gasteiger partial charge on any atom is 0.256 e. The predicted octanol–water partition coefficient (Wildman–Crippen LogP) is 2.54. The van der Waals surface area contributed by atoms with Gasteiger partial charge in [0.1, 0.15) is 0 Å². The zero-order valence-electron chi connectivity index (χ0n) is 14.6. The predicted molar refractivity (Wildman–Crippen MR) is 100 cm³/mol. The first-order valence-corrected chi connectivity index (χ1v) is 8.82. The Hall–Kier alpha value is -2.61. The fourth-order valence-corrected chi connectivity index (χ4v) is 3.25. The highest BCUT2D eigenvalue weighted by Crippen LogP contribution is 2.20. The molecule has 0 unspecified atom stereocenters. The maximum absolute atomic E-state index is 12.2. The summed E-state index contributed by atoms with van der Waals surface area (Å²) in [7, 11) is 3.96. The Bertz CT molecular complexity index is 903. The van der Waals surface area contributed by atoms with E-state index in [2.05, 4.69) is 20.5 Å². The fourth-order valence-electron chi connectivity index (χ4n) is 2.46. The van der Waals surface area contributed by atoms with Gasteiger partial charge in [-0.15, -0.1) is 10.2 Å². The molecule has 0 radical (unpaired) electrons. The SMILES string of the molecule is Cc1cc(C)n2c(SCC(=O)Nc3ccc(N(C)C)cc3)nnc2n1. The monoisotopic (exact) mass is 356 g/mol. The van der Waals surface area contributed by atoms with E-state index < -0.39 is 0 Å². The molecule has 0 bridgehead atoms. The summed E-state index contributed by atoms with van der Waals surface area (Å²) in [4.78, 5) is 18.5. The average Bonchev–Trinajstić information content (AvgIpc) is 2.96. The second-order valence-electron chi connectivity index (χ2n) is 5.94. The van der Waals surface area contributed by atoms with E-state index in [1.54, 1.807) is 0 Å². The van der Waals surface area contributed by atoms with E-state index in [1.807, 2.05) is 67.6 Å². The van der Waals surface area contributed by atoms with Crippen molar-refractivity contribution in [3.63, 3.8) is 0 Å². The minimum atomic E-state index is -0.0860. The Morgan fingerprint density at radius 1 is 1.20 bits per heavy atom. The summed E-state index contributed by atoms with van der Waals surface area (Å²) in [6.07, 6.45) is 0. The summed E-state index contributed by atoms with van der Waals surface area (Å²) in [5, 5.41) is 11.8. The van der Waals surface area contributed by atoms with Gasteiger partial charge in [0.25, 0.3) is 5.78 Å². The number of nitrogens with one attached hydrogen (secondary N) is 1. The van der Waals surface area contributed by atoms with E-state index in [0.29, 0.717) is 10.9 Å². The van der Waals surface area contributed by atoms with Crippen molar-refractivity contribution in [2.24, 2.45) is 0 Å². The molecule has 130 valence electrons. The van der Waals surface area contributed by atoms with Crippen molar-refractivity contribution in [3.8, 4) is 0 Å². The van der Waals surface area contributed by atoms with Crippen LogP contribution in [0.25, 0.3) is 5.78 Å². The third-order valence-electron chi connectivity index (χ3n) is 3.66. The molecule has 25 heavy (non-hydrogen) atoms. The van der Waals surface area contributed by atoms with Crippen LogP contribution in [-0.4, -0.2) is 45.3 Å². The molecule has 0 atom stereocenters. The highest BCUT2D eigenvalue weighted by atomic mass is 32.2. The van der Waals surface area contributed by atoms with Crippen LogP contribution in [-0.2, 0) is 4.79 Å². The Morgan fingerprint density at radius 3 is 2.60 bits per heavy atom. The number of carbonyl (C=O) groups is 1. The number of aryl methyl sites for hydroxylation is 2. The first-order chi connectivity index (χ1) is 11.9. The Balaban J connectivity index is 1.64. The summed E-state index contributed by atoms with van der Waals surface area (Å²) in [5.74, 6) is 0.723. The average molecular weight is 356 g/mol. The molecule has 0 saturated heterocycles. The topological polar surface area (TPSA) is 75.4 Å². The molecule has 1 amide bonds. The lowest BCUT2D eigenvalue weighted by Gasteiger charge is -2.13. The number of amides is 1. The van der Waals surface area contributed by atoms with Crippen LogP contribution in [0.4, 0.5) is 11.4 Å². The first kappa shape index (κ1) is 17.2. The third kappa shape index (κ3) is 3.90. The lowest BCUT2D eigenvalue weighted by atomic mass is 10.2. The standard InChI is InChI=1S/C17H20N6OS/c1-11-9-12(2)23-16(18-11)20-21-17(23)25-10-15(24)19-13-5-7-14(8-6-13)22(3)4/h5-9H,10H2,1-4H3,(H,19,24). The van der Waals surface area contributed by atoms with Gasteiger partial charge in [0.05, 0.1) is 5.75 Å². The van der Waals surface area contributed by atoms with E-state index in [1.165, 1.54) is 11.8 Å². The minimum absolute atomic E-state index is 0.0860. The van der Waals surface area contributed by atoms with Crippen molar-refractivity contribution >= 4 is 34.8 Å². The van der Waals surface area contributed by atoms with E-state index in [0.717, 1.165) is 22.8 Å². The van der Waals surface area contributed by atoms with Gasteiger partial charge >= 0.3 is 0 Å². The highest BCUT2D eigenvalue weighted by molar-refractivity contribution is 7.99. The minimum Gasteiger partial charge on any atom is -0.378 e. The van der Waals surface area contributed by atoms with Gasteiger partial charge in [-0.1, -0.05) is 11.8 Å². The number of thioether (sulfide) groups is 1. The van der Waals surface area contributed by atoms with Crippen molar-refractivity contribution in [3.05, 3.63) is 41.7 Å². The summed E-state index contributed by atoms with van der Waals surface area (Å²) in [5.41, 5.74) is 3.75. The molecule has 0 spiro atoms. The molecule has 0 aliphatic rings. The molecule has 1 N–H and O–H groups in total. The smallest absolute Gasteiger partial charge is 0.256 e. The normalized spacial score (nSPS) is 10.9. The maximum atomic E-state index is 12.2. The Kier molecular flexibility index (Phi) is 4.89. The number of benzene rings is 1. The molecule has 0 fully saturated rings. The number of nitrogens with zero attached hydrogens (tertiary/aromatic N) is 5. The lowest BCUT2D eigenvalue weighted by molar-refractivity contribution is -0.113. The van der Waals surface area contributed by atoms with Gasteiger partial charge in [0.15, 0.2) is 5.16 Å². The van der Waals surface area contributed by atoms with Crippen LogP contribution < -0.4 is 10.2 Å². The van der Waals surface area contributed by atoms with Gasteiger partial charge in [-0.2, -0.15) is 0 Å². The van der Waals surface area contributed by atoms with Crippen molar-refractivity contribution in [1.82, 2.24) is 19.6 Å². The molecule has 2 aromatic heterocycles. The van der Waals surface area contributed by atoms with Gasteiger partial charge in [0, 0.05) is 36.9 Å². The zero-order chi connectivity index (χ0) is 18.0. The van der Waals surface area contributed by atoms with Crippen LogP contribution in [0.1, 0.15) is 11.4 Å². The zero-order valence-corrected chi connectivity index (χ0v) is 15.5. The van der Waals surface area contributed by atoms with Crippen LogP contribution in [0.5, 0.6) is 0 Å². The second kappa shape index (κ2) is 7.10. The van der Waals surface area contributed by atoms with Crippen molar-refractivity contribution in [2.75, 3.05) is 30.1 Å². The van der Waals surface area contributed by atoms with Gasteiger partial charge < -0.3 is 10.2 Å². The summed E-state index contributed by atoms with van der Waals surface area (Å²) < 4.78 is 1.86. The molecule has 3 rings (SSSR count). The molecule has 8 heteroatoms. The van der Waals surface area contributed by atoms with Crippen LogP contribution in [0.2, 0.25) is 0 Å². The highest BCUT2D eigenvalue weighted by Gasteiger charge is 2.12. The van der Waals surface area contributed by atoms with Crippen LogP contribution in [0.15, 0.2) is 35.5 Å². The molecule has 0 aliphatic carbocycles. The van der Waals surface area contributed by atoms with E-state index >= 15 is 0 Å². The Morgan fingerprint density at radius 2 is 1.92 bits per heavy atom. The quantitative estimate of drug-likeness (QED) is 0.708. The number of carbonyl (C=O) groups excluding carboxylic acids is 1. The van der Waals surface area contributed by atoms with E-state index in [9.17, 15) is 4.79 Å². The number of rotatable bonds is 5. The number of fused-ring (bicyclic) bond motifs is 1. The first-order valence-electron chi connectivity index (χ1n) is 7.83. The van der Waals surface area contributed by atoms with Gasteiger partial charge in [0.2, 0.25) is 5.91 Å². The van der Waals surface area contributed by atoms with Crippen LogP contribution in [0.3, 0.4) is 0 Å². The van der Waals surface area contributed by atoms with Crippen molar-refractivity contribution in [2.45, 2.75) is 19.0 Å². The number of hydrogen-bond donors (Lipinski definition) is 1. The van der Waals surface area contributed by atoms with Gasteiger partial charge in [-0.25, -0.2) is 4.98 Å². The largest absolute Gasteiger partial charge is 0.378 e. The van der Waals surface area contributed by atoms with Crippen molar-refractivity contribution < 1.29 is 4.79 Å². The van der Waals surface area contributed by atoms with Gasteiger partial charge in [-0.05, 0) is 44.2 Å². The summed E-state index contributed by atoms with van der Waals surface area (Å²) >= 11 is 1.34. The Labute approximate surface area is 150 Å².